The van der Waals surface area contributed by atoms with Crippen LogP contribution in [0.3, 0.4) is 0 Å². The molecule has 0 saturated carbocycles. The van der Waals surface area contributed by atoms with Crippen molar-refractivity contribution in [3.63, 3.8) is 0 Å². The first-order chi connectivity index (χ1) is 10.6. The first kappa shape index (κ1) is 16.6. The zero-order valence-corrected chi connectivity index (χ0v) is 14.4. The van der Waals surface area contributed by atoms with Gasteiger partial charge in [0.2, 0.25) is 0 Å². The van der Waals surface area contributed by atoms with E-state index in [0.29, 0.717) is 24.0 Å². The summed E-state index contributed by atoms with van der Waals surface area (Å²) >= 11 is 8.37. The molecule has 116 valence electrons. The molecule has 0 unspecified atom stereocenters. The van der Waals surface area contributed by atoms with Crippen molar-refractivity contribution < 1.29 is 14.2 Å². The van der Waals surface area contributed by atoms with Crippen molar-refractivity contribution in [1.82, 2.24) is 0 Å². The maximum Gasteiger partial charge on any atom is 0.133 e. The van der Waals surface area contributed by atoms with E-state index in [2.05, 4.69) is 15.9 Å². The standard InChI is InChI=1S/C16H16BrNO3S/c1-19-12-3-2-4-13(10-12)20-7-8-21-15-6-5-11(16(18)22)9-14(15)17/h2-6,9-10H,7-8H2,1H3,(H2,18,22). The quantitative estimate of drug-likeness (QED) is 0.586. The zero-order chi connectivity index (χ0) is 15.9. The number of methoxy groups -OCH3 is 1. The van der Waals surface area contributed by atoms with Crippen LogP contribution in [0.1, 0.15) is 5.56 Å². The molecule has 0 aromatic heterocycles. The summed E-state index contributed by atoms with van der Waals surface area (Å²) in [6.07, 6.45) is 0. The minimum Gasteiger partial charge on any atom is -0.497 e. The second-order valence-corrected chi connectivity index (χ2v) is 5.68. The Bertz CT molecular complexity index is 664. The first-order valence-electron chi connectivity index (χ1n) is 6.59. The van der Waals surface area contributed by atoms with Gasteiger partial charge < -0.3 is 19.9 Å². The number of benzene rings is 2. The molecule has 2 rings (SSSR count). The highest BCUT2D eigenvalue weighted by Crippen LogP contribution is 2.26. The van der Waals surface area contributed by atoms with Crippen molar-refractivity contribution in [3.05, 3.63) is 52.5 Å². The highest BCUT2D eigenvalue weighted by molar-refractivity contribution is 9.10. The molecule has 0 bridgehead atoms. The van der Waals surface area contributed by atoms with Crippen LogP contribution in [0.4, 0.5) is 0 Å². The summed E-state index contributed by atoms with van der Waals surface area (Å²) in [6.45, 7) is 0.846. The second-order valence-electron chi connectivity index (χ2n) is 4.39. The van der Waals surface area contributed by atoms with Gasteiger partial charge in [-0.25, -0.2) is 0 Å². The van der Waals surface area contributed by atoms with Crippen molar-refractivity contribution in [2.75, 3.05) is 20.3 Å². The van der Waals surface area contributed by atoms with Gasteiger partial charge in [0.1, 0.15) is 35.5 Å². The van der Waals surface area contributed by atoms with Crippen LogP contribution < -0.4 is 19.9 Å². The number of nitrogens with two attached hydrogens (primary N) is 1. The topological polar surface area (TPSA) is 53.7 Å². The van der Waals surface area contributed by atoms with E-state index >= 15 is 0 Å². The number of hydrogen-bond donors (Lipinski definition) is 1. The fourth-order valence-electron chi connectivity index (χ4n) is 1.77. The van der Waals surface area contributed by atoms with Gasteiger partial charge >= 0.3 is 0 Å². The number of ether oxygens (including phenoxy) is 3. The Morgan fingerprint density at radius 3 is 2.50 bits per heavy atom. The van der Waals surface area contributed by atoms with Crippen LogP contribution in [-0.4, -0.2) is 25.3 Å². The van der Waals surface area contributed by atoms with Crippen molar-refractivity contribution in [2.24, 2.45) is 5.73 Å². The van der Waals surface area contributed by atoms with Gasteiger partial charge in [0.05, 0.1) is 11.6 Å². The lowest BCUT2D eigenvalue weighted by Crippen LogP contribution is -2.11. The van der Waals surface area contributed by atoms with Gasteiger partial charge in [0.25, 0.3) is 0 Å². The maximum absolute atomic E-state index is 5.66. The minimum absolute atomic E-state index is 0.355. The Labute approximate surface area is 143 Å². The third kappa shape index (κ3) is 4.61. The molecule has 0 atom stereocenters. The molecule has 22 heavy (non-hydrogen) atoms. The van der Waals surface area contributed by atoms with Crippen molar-refractivity contribution in [1.29, 1.82) is 0 Å². The Morgan fingerprint density at radius 2 is 1.82 bits per heavy atom. The van der Waals surface area contributed by atoms with Gasteiger partial charge in [-0.05, 0) is 46.3 Å². The number of rotatable bonds is 7. The first-order valence-corrected chi connectivity index (χ1v) is 7.79. The van der Waals surface area contributed by atoms with Gasteiger partial charge in [-0.3, -0.25) is 0 Å². The maximum atomic E-state index is 5.66. The monoisotopic (exact) mass is 381 g/mol. The van der Waals surface area contributed by atoms with Crippen LogP contribution in [0, 0.1) is 0 Å². The van der Waals surface area contributed by atoms with E-state index < -0.39 is 0 Å². The molecule has 0 spiro atoms. The molecule has 0 fully saturated rings. The van der Waals surface area contributed by atoms with Gasteiger partial charge in [0.15, 0.2) is 0 Å². The van der Waals surface area contributed by atoms with Crippen molar-refractivity contribution in [2.45, 2.75) is 0 Å². The zero-order valence-electron chi connectivity index (χ0n) is 12.0. The lowest BCUT2D eigenvalue weighted by molar-refractivity contribution is 0.216. The molecule has 0 radical (unpaired) electrons. The van der Waals surface area contributed by atoms with E-state index in [9.17, 15) is 0 Å². The summed E-state index contributed by atoms with van der Waals surface area (Å²) in [7, 11) is 1.62. The predicted octanol–water partition coefficient (Wildman–Crippen LogP) is 3.55. The lowest BCUT2D eigenvalue weighted by Gasteiger charge is -2.11. The highest BCUT2D eigenvalue weighted by Gasteiger charge is 2.04. The van der Waals surface area contributed by atoms with E-state index in [-0.39, 0.29) is 0 Å². The third-order valence-corrected chi connectivity index (χ3v) is 3.72. The molecule has 0 aliphatic heterocycles. The molecule has 0 aliphatic carbocycles. The average Bonchev–Trinajstić information content (AvgIpc) is 2.52. The summed E-state index contributed by atoms with van der Waals surface area (Å²) in [5.74, 6) is 2.22. The molecule has 4 nitrogen and oxygen atoms in total. The Hall–Kier alpha value is -1.79. The van der Waals surface area contributed by atoms with Crippen LogP contribution in [-0.2, 0) is 0 Å². The van der Waals surface area contributed by atoms with Crippen LogP contribution in [0.15, 0.2) is 46.9 Å². The van der Waals surface area contributed by atoms with Crippen molar-refractivity contribution in [3.8, 4) is 17.2 Å². The average molecular weight is 382 g/mol. The number of thiocarbonyl (C=S) groups is 1. The van der Waals surface area contributed by atoms with E-state index in [1.54, 1.807) is 7.11 Å². The lowest BCUT2D eigenvalue weighted by atomic mass is 10.2. The SMILES string of the molecule is COc1cccc(OCCOc2ccc(C(N)=S)cc2Br)c1. The second kappa shape index (κ2) is 8.00. The smallest absolute Gasteiger partial charge is 0.133 e. The van der Waals surface area contributed by atoms with E-state index in [0.717, 1.165) is 21.5 Å². The van der Waals surface area contributed by atoms with Crippen molar-refractivity contribution >= 4 is 33.1 Å². The van der Waals surface area contributed by atoms with Gasteiger partial charge in [-0.2, -0.15) is 0 Å². The van der Waals surface area contributed by atoms with Crippen LogP contribution in [0.5, 0.6) is 17.2 Å². The van der Waals surface area contributed by atoms with Gasteiger partial charge in [-0.15, -0.1) is 0 Å². The number of halogens is 1. The van der Waals surface area contributed by atoms with Crippen LogP contribution >= 0.6 is 28.1 Å². The summed E-state index contributed by atoms with van der Waals surface area (Å²) in [6, 6.07) is 12.9. The highest BCUT2D eigenvalue weighted by atomic mass is 79.9. The predicted molar refractivity (Wildman–Crippen MR) is 94.0 cm³/mol. The summed E-state index contributed by atoms with van der Waals surface area (Å²) in [5.41, 5.74) is 6.38. The molecule has 2 aromatic rings. The normalized spacial score (nSPS) is 10.1. The minimum atomic E-state index is 0.355. The van der Waals surface area contributed by atoms with Gasteiger partial charge in [-0.1, -0.05) is 18.3 Å². The largest absolute Gasteiger partial charge is 0.497 e. The van der Waals surface area contributed by atoms with Crippen LogP contribution in [0.25, 0.3) is 0 Å². The molecular weight excluding hydrogens is 366 g/mol. The molecular formula is C16H16BrNO3S. The van der Waals surface area contributed by atoms with Gasteiger partial charge in [0, 0.05) is 11.6 Å². The Morgan fingerprint density at radius 1 is 1.09 bits per heavy atom. The van der Waals surface area contributed by atoms with E-state index in [4.69, 9.17) is 32.2 Å². The Kier molecular flexibility index (Phi) is 6.03. The summed E-state index contributed by atoms with van der Waals surface area (Å²) in [4.78, 5) is 0.355. The van der Waals surface area contributed by atoms with E-state index in [1.165, 1.54) is 0 Å². The molecule has 2 aromatic carbocycles. The summed E-state index contributed by atoms with van der Waals surface area (Å²) < 4.78 is 17.2. The number of hydrogen-bond acceptors (Lipinski definition) is 4. The fraction of sp³-hybridized carbons (Fsp3) is 0.188. The van der Waals surface area contributed by atoms with Crippen LogP contribution in [0.2, 0.25) is 0 Å². The molecule has 0 amide bonds. The molecule has 0 saturated heterocycles. The molecule has 0 aliphatic rings. The van der Waals surface area contributed by atoms with E-state index in [1.807, 2.05) is 42.5 Å². The Balaban J connectivity index is 1.85. The molecule has 2 N–H and O–H groups in total. The molecule has 6 heteroatoms. The fourth-order valence-corrected chi connectivity index (χ4v) is 2.39. The summed E-state index contributed by atoms with van der Waals surface area (Å²) in [5, 5.41) is 0. The third-order valence-electron chi connectivity index (χ3n) is 2.87. The molecule has 0 heterocycles.